The SMILES string of the molecule is O=C(NCC#CCOc1ccc2c(c1)OCO2)c1ccc(OC(F)(F)F)cc1. The van der Waals surface area contributed by atoms with Gasteiger partial charge in [0.1, 0.15) is 18.1 Å². The largest absolute Gasteiger partial charge is 0.573 e. The smallest absolute Gasteiger partial charge is 0.481 e. The molecule has 1 aliphatic heterocycles. The second-order valence-electron chi connectivity index (χ2n) is 5.41. The predicted molar refractivity (Wildman–Crippen MR) is 91.3 cm³/mol. The number of ether oxygens (including phenoxy) is 4. The van der Waals surface area contributed by atoms with E-state index in [1.807, 2.05) is 0 Å². The number of carbonyl (C=O) groups is 1. The Morgan fingerprint density at radius 1 is 1.04 bits per heavy atom. The van der Waals surface area contributed by atoms with E-state index >= 15 is 0 Å². The van der Waals surface area contributed by atoms with E-state index < -0.39 is 18.0 Å². The van der Waals surface area contributed by atoms with Gasteiger partial charge in [0.25, 0.3) is 5.91 Å². The van der Waals surface area contributed by atoms with E-state index in [0.29, 0.717) is 17.2 Å². The summed E-state index contributed by atoms with van der Waals surface area (Å²) in [4.78, 5) is 11.9. The minimum Gasteiger partial charge on any atom is -0.481 e. The molecule has 0 aliphatic carbocycles. The second kappa shape index (κ2) is 8.43. The molecule has 1 heterocycles. The number of halogens is 3. The highest BCUT2D eigenvalue weighted by molar-refractivity contribution is 5.94. The van der Waals surface area contributed by atoms with E-state index in [-0.39, 0.29) is 25.5 Å². The van der Waals surface area contributed by atoms with Crippen LogP contribution in [0.15, 0.2) is 42.5 Å². The van der Waals surface area contributed by atoms with Crippen molar-refractivity contribution in [2.24, 2.45) is 0 Å². The summed E-state index contributed by atoms with van der Waals surface area (Å²) in [6.45, 7) is 0.347. The molecule has 1 N–H and O–H groups in total. The van der Waals surface area contributed by atoms with Crippen LogP contribution in [0.1, 0.15) is 10.4 Å². The average molecular weight is 393 g/mol. The maximum Gasteiger partial charge on any atom is 0.573 e. The van der Waals surface area contributed by atoms with Crippen LogP contribution in [-0.4, -0.2) is 32.2 Å². The van der Waals surface area contributed by atoms with Crippen molar-refractivity contribution in [3.8, 4) is 34.8 Å². The number of amides is 1. The topological polar surface area (TPSA) is 66.0 Å². The number of hydrogen-bond acceptors (Lipinski definition) is 5. The molecule has 0 saturated heterocycles. The molecule has 0 aromatic heterocycles. The molecule has 1 amide bonds. The number of fused-ring (bicyclic) bond motifs is 1. The molecular formula is C19H14F3NO5. The molecule has 1 aliphatic rings. The van der Waals surface area contributed by atoms with Crippen molar-refractivity contribution in [3.05, 3.63) is 48.0 Å². The Labute approximate surface area is 158 Å². The standard InChI is InChI=1S/C19H14F3NO5/c20-19(21,22)28-14-5-3-13(4-6-14)18(24)23-9-1-2-10-25-15-7-8-16-17(11-15)27-12-26-16/h3-8,11H,9-10,12H2,(H,23,24). The van der Waals surface area contributed by atoms with Gasteiger partial charge in [0.2, 0.25) is 6.79 Å². The third kappa shape index (κ3) is 5.48. The summed E-state index contributed by atoms with van der Waals surface area (Å²) in [6, 6.07) is 9.73. The Balaban J connectivity index is 1.41. The molecule has 0 saturated carbocycles. The fourth-order valence-corrected chi connectivity index (χ4v) is 2.23. The van der Waals surface area contributed by atoms with Crippen LogP contribution in [0.5, 0.6) is 23.0 Å². The zero-order valence-corrected chi connectivity index (χ0v) is 14.3. The van der Waals surface area contributed by atoms with Crippen molar-refractivity contribution in [2.45, 2.75) is 6.36 Å². The van der Waals surface area contributed by atoms with Crippen LogP contribution in [0, 0.1) is 11.8 Å². The Hall–Kier alpha value is -3.54. The number of benzene rings is 2. The number of alkyl halides is 3. The van der Waals surface area contributed by atoms with E-state index in [4.69, 9.17) is 14.2 Å². The first-order valence-electron chi connectivity index (χ1n) is 8.03. The molecular weight excluding hydrogens is 379 g/mol. The summed E-state index contributed by atoms with van der Waals surface area (Å²) in [5.74, 6) is 6.41. The molecule has 0 bridgehead atoms. The lowest BCUT2D eigenvalue weighted by atomic mass is 10.2. The second-order valence-corrected chi connectivity index (χ2v) is 5.41. The summed E-state index contributed by atoms with van der Waals surface area (Å²) in [7, 11) is 0. The van der Waals surface area contributed by atoms with Crippen molar-refractivity contribution in [2.75, 3.05) is 19.9 Å². The first-order valence-corrected chi connectivity index (χ1v) is 8.03. The molecule has 2 aromatic carbocycles. The van der Waals surface area contributed by atoms with Gasteiger partial charge < -0.3 is 24.3 Å². The van der Waals surface area contributed by atoms with Gasteiger partial charge in [-0.25, -0.2) is 0 Å². The maximum atomic E-state index is 12.1. The van der Waals surface area contributed by atoms with E-state index in [9.17, 15) is 18.0 Å². The molecule has 0 radical (unpaired) electrons. The van der Waals surface area contributed by atoms with Gasteiger partial charge in [-0.2, -0.15) is 0 Å². The minimum atomic E-state index is -4.78. The summed E-state index contributed by atoms with van der Waals surface area (Å²) >= 11 is 0. The summed E-state index contributed by atoms with van der Waals surface area (Å²) in [5.41, 5.74) is 0.188. The van der Waals surface area contributed by atoms with E-state index in [1.165, 1.54) is 12.1 Å². The first kappa shape index (κ1) is 19.2. The first-order chi connectivity index (χ1) is 13.4. The molecule has 3 rings (SSSR count). The van der Waals surface area contributed by atoms with E-state index in [0.717, 1.165) is 12.1 Å². The van der Waals surface area contributed by atoms with Gasteiger partial charge in [0, 0.05) is 11.6 Å². The maximum absolute atomic E-state index is 12.1. The van der Waals surface area contributed by atoms with Crippen molar-refractivity contribution in [1.29, 1.82) is 0 Å². The normalized spacial score (nSPS) is 12.0. The van der Waals surface area contributed by atoms with Crippen LogP contribution in [0.25, 0.3) is 0 Å². The lowest BCUT2D eigenvalue weighted by molar-refractivity contribution is -0.274. The van der Waals surface area contributed by atoms with Gasteiger partial charge in [-0.3, -0.25) is 4.79 Å². The molecule has 0 spiro atoms. The molecule has 146 valence electrons. The fourth-order valence-electron chi connectivity index (χ4n) is 2.23. The number of rotatable bonds is 5. The van der Waals surface area contributed by atoms with Crippen molar-refractivity contribution >= 4 is 5.91 Å². The van der Waals surface area contributed by atoms with Gasteiger partial charge in [-0.15, -0.1) is 13.2 Å². The van der Waals surface area contributed by atoms with Gasteiger partial charge in [0.05, 0.1) is 6.54 Å². The van der Waals surface area contributed by atoms with Crippen LogP contribution in [0.4, 0.5) is 13.2 Å². The number of hydrogen-bond donors (Lipinski definition) is 1. The van der Waals surface area contributed by atoms with Crippen LogP contribution in [-0.2, 0) is 0 Å². The number of carbonyl (C=O) groups excluding carboxylic acids is 1. The lowest BCUT2D eigenvalue weighted by Gasteiger charge is -2.09. The van der Waals surface area contributed by atoms with Gasteiger partial charge in [0.15, 0.2) is 11.5 Å². The molecule has 9 heteroatoms. The van der Waals surface area contributed by atoms with Crippen LogP contribution in [0.3, 0.4) is 0 Å². The molecule has 0 fully saturated rings. The van der Waals surface area contributed by atoms with Crippen LogP contribution in [0.2, 0.25) is 0 Å². The quantitative estimate of drug-likeness (QED) is 0.791. The molecule has 28 heavy (non-hydrogen) atoms. The predicted octanol–water partition coefficient (Wildman–Crippen LogP) is 3.13. The van der Waals surface area contributed by atoms with E-state index in [1.54, 1.807) is 18.2 Å². The highest BCUT2D eigenvalue weighted by Crippen LogP contribution is 2.34. The van der Waals surface area contributed by atoms with Crippen molar-refractivity contribution in [3.63, 3.8) is 0 Å². The Bertz CT molecular complexity index is 901. The fraction of sp³-hybridized carbons (Fsp3) is 0.211. The highest BCUT2D eigenvalue weighted by atomic mass is 19.4. The summed E-state index contributed by atoms with van der Waals surface area (Å²) in [6.07, 6.45) is -4.78. The molecule has 2 aromatic rings. The Morgan fingerprint density at radius 2 is 1.75 bits per heavy atom. The van der Waals surface area contributed by atoms with Crippen molar-refractivity contribution in [1.82, 2.24) is 5.32 Å². The minimum absolute atomic E-state index is 0.0597. The molecule has 6 nitrogen and oxygen atoms in total. The third-order valence-corrected chi connectivity index (χ3v) is 3.47. The monoisotopic (exact) mass is 393 g/mol. The zero-order chi connectivity index (χ0) is 20.0. The average Bonchev–Trinajstić information content (AvgIpc) is 3.11. The van der Waals surface area contributed by atoms with Gasteiger partial charge >= 0.3 is 6.36 Å². The molecule has 0 atom stereocenters. The van der Waals surface area contributed by atoms with Crippen molar-refractivity contribution < 1.29 is 36.9 Å². The van der Waals surface area contributed by atoms with Crippen LogP contribution < -0.4 is 24.3 Å². The zero-order valence-electron chi connectivity index (χ0n) is 14.3. The van der Waals surface area contributed by atoms with Gasteiger partial charge in [-0.05, 0) is 36.4 Å². The number of nitrogens with one attached hydrogen (secondary N) is 1. The summed E-state index contributed by atoms with van der Waals surface area (Å²) < 4.78 is 55.9. The molecule has 0 unspecified atom stereocenters. The van der Waals surface area contributed by atoms with Gasteiger partial charge in [-0.1, -0.05) is 11.8 Å². The van der Waals surface area contributed by atoms with E-state index in [2.05, 4.69) is 21.9 Å². The Morgan fingerprint density at radius 3 is 2.50 bits per heavy atom. The lowest BCUT2D eigenvalue weighted by Crippen LogP contribution is -2.23. The highest BCUT2D eigenvalue weighted by Gasteiger charge is 2.31. The van der Waals surface area contributed by atoms with Crippen LogP contribution >= 0.6 is 0 Å². The third-order valence-electron chi connectivity index (χ3n) is 3.47. The Kier molecular flexibility index (Phi) is 5.79. The summed E-state index contributed by atoms with van der Waals surface area (Å²) in [5, 5.41) is 2.53.